The maximum absolute atomic E-state index is 10.5. The Morgan fingerprint density at radius 2 is 2.11 bits per heavy atom. The zero-order chi connectivity index (χ0) is 13.5. The number of hydrazine groups is 1. The molecule has 0 radical (unpaired) electrons. The number of benzene rings is 1. The number of guanidine groups is 1. The third-order valence-corrected chi connectivity index (χ3v) is 1.66. The van der Waals surface area contributed by atoms with Gasteiger partial charge in [-0.2, -0.15) is 5.10 Å². The number of nitrogens with one attached hydrogen (secondary N) is 1. The number of nitrogens with two attached hydrogens (primary N) is 1. The van der Waals surface area contributed by atoms with E-state index in [-0.39, 0.29) is 5.69 Å². The second-order valence-electron chi connectivity index (χ2n) is 2.95. The van der Waals surface area contributed by atoms with Gasteiger partial charge >= 0.3 is 0 Å². The van der Waals surface area contributed by atoms with Gasteiger partial charge in [0.2, 0.25) is 0 Å². The van der Waals surface area contributed by atoms with Gasteiger partial charge < -0.3 is 5.73 Å². The average Bonchev–Trinajstić information content (AvgIpc) is 2.28. The van der Waals surface area contributed by atoms with Gasteiger partial charge in [-0.15, -0.1) is 5.10 Å². The first kappa shape index (κ1) is 13.0. The molecular formula is C8H8N6O4. The summed E-state index contributed by atoms with van der Waals surface area (Å²) in [5.74, 6) is -0.498. The molecule has 0 amide bonds. The van der Waals surface area contributed by atoms with E-state index in [4.69, 9.17) is 5.73 Å². The molecule has 94 valence electrons. The quantitative estimate of drug-likeness (QED) is 0.334. The molecule has 0 aliphatic rings. The Kier molecular flexibility index (Phi) is 4.26. The van der Waals surface area contributed by atoms with Crippen molar-refractivity contribution in [2.45, 2.75) is 0 Å². The zero-order valence-corrected chi connectivity index (χ0v) is 8.89. The summed E-state index contributed by atoms with van der Waals surface area (Å²) in [4.78, 5) is 19.9. The summed E-state index contributed by atoms with van der Waals surface area (Å²) in [5, 5.41) is 26.3. The maximum atomic E-state index is 10.5. The Labute approximate surface area is 100 Å². The lowest BCUT2D eigenvalue weighted by atomic mass is 10.2. The minimum absolute atomic E-state index is 0.0979. The molecule has 0 spiro atoms. The zero-order valence-electron chi connectivity index (χ0n) is 8.89. The van der Waals surface area contributed by atoms with E-state index in [2.05, 4.69) is 10.2 Å². The summed E-state index contributed by atoms with van der Waals surface area (Å²) in [6.45, 7) is 0. The van der Waals surface area contributed by atoms with E-state index in [0.717, 1.165) is 0 Å². The van der Waals surface area contributed by atoms with Crippen LogP contribution in [0, 0.1) is 20.2 Å². The van der Waals surface area contributed by atoms with Crippen LogP contribution in [-0.4, -0.2) is 22.1 Å². The van der Waals surface area contributed by atoms with Crippen molar-refractivity contribution < 1.29 is 9.96 Å². The summed E-state index contributed by atoms with van der Waals surface area (Å²) in [7, 11) is 0. The second kappa shape index (κ2) is 5.89. The first-order valence-electron chi connectivity index (χ1n) is 4.51. The average molecular weight is 252 g/mol. The summed E-state index contributed by atoms with van der Waals surface area (Å²) < 4.78 is 0. The highest BCUT2D eigenvalue weighted by Crippen LogP contribution is 2.11. The van der Waals surface area contributed by atoms with Crippen LogP contribution in [0.25, 0.3) is 0 Å². The van der Waals surface area contributed by atoms with Gasteiger partial charge in [0.25, 0.3) is 11.6 Å². The molecular weight excluding hydrogens is 244 g/mol. The van der Waals surface area contributed by atoms with E-state index in [1.54, 1.807) is 11.5 Å². The lowest BCUT2D eigenvalue weighted by Gasteiger charge is -1.93. The van der Waals surface area contributed by atoms with E-state index < -0.39 is 15.9 Å². The molecule has 0 aromatic heterocycles. The lowest BCUT2D eigenvalue weighted by Crippen LogP contribution is -2.35. The molecule has 1 rings (SSSR count). The summed E-state index contributed by atoms with van der Waals surface area (Å²) in [5.41, 5.74) is 7.00. The molecule has 1 aromatic carbocycles. The smallest absolute Gasteiger partial charge is 0.275 e. The predicted octanol–water partition coefficient (Wildman–Crippen LogP) is 0.0247. The fourth-order valence-corrected chi connectivity index (χ4v) is 0.992. The van der Waals surface area contributed by atoms with Gasteiger partial charge in [-0.25, -0.2) is 10.1 Å². The Hall–Kier alpha value is -3.04. The van der Waals surface area contributed by atoms with Crippen molar-refractivity contribution in [1.82, 2.24) is 5.43 Å². The van der Waals surface area contributed by atoms with E-state index >= 15 is 0 Å². The Balaban J connectivity index is 2.75. The third kappa shape index (κ3) is 4.22. The normalized spacial score (nSPS) is 11.4. The van der Waals surface area contributed by atoms with Crippen LogP contribution in [0.15, 0.2) is 34.5 Å². The van der Waals surface area contributed by atoms with Crippen molar-refractivity contribution in [3.8, 4) is 0 Å². The first-order valence-corrected chi connectivity index (χ1v) is 4.51. The van der Waals surface area contributed by atoms with Crippen LogP contribution in [0.3, 0.4) is 0 Å². The van der Waals surface area contributed by atoms with Crippen molar-refractivity contribution in [2.24, 2.45) is 15.9 Å². The highest BCUT2D eigenvalue weighted by molar-refractivity contribution is 5.82. The summed E-state index contributed by atoms with van der Waals surface area (Å²) >= 11 is 0. The van der Waals surface area contributed by atoms with Gasteiger partial charge in [-0.05, 0) is 0 Å². The van der Waals surface area contributed by atoms with E-state index in [1.807, 2.05) is 0 Å². The van der Waals surface area contributed by atoms with Crippen LogP contribution in [0.1, 0.15) is 5.56 Å². The topological polar surface area (TPSA) is 149 Å². The minimum Gasteiger partial charge on any atom is -0.364 e. The van der Waals surface area contributed by atoms with Crippen LogP contribution in [0.4, 0.5) is 5.69 Å². The van der Waals surface area contributed by atoms with E-state index in [9.17, 15) is 20.2 Å². The minimum atomic E-state index is -0.887. The van der Waals surface area contributed by atoms with Crippen molar-refractivity contribution in [3.63, 3.8) is 0 Å². The lowest BCUT2D eigenvalue weighted by molar-refractivity contribution is -0.525. The fraction of sp³-hybridized carbons (Fsp3) is 0. The van der Waals surface area contributed by atoms with Gasteiger partial charge in [0.1, 0.15) is 0 Å². The standard InChI is InChI=1S/C8H8N6O4/c9-8(12-14(17)18)11-10-5-6-2-1-3-7(4-6)13(15)16/h1-5H,(H3,9,11,12). The van der Waals surface area contributed by atoms with Crippen LogP contribution >= 0.6 is 0 Å². The first-order chi connectivity index (χ1) is 8.49. The second-order valence-corrected chi connectivity index (χ2v) is 2.95. The fourth-order valence-electron chi connectivity index (χ4n) is 0.992. The molecule has 3 N–H and O–H groups in total. The van der Waals surface area contributed by atoms with Crippen molar-refractivity contribution >= 4 is 17.9 Å². The van der Waals surface area contributed by atoms with Crippen LogP contribution < -0.4 is 11.2 Å². The monoisotopic (exact) mass is 252 g/mol. The number of hydrogen-bond acceptors (Lipinski definition) is 6. The molecule has 0 fully saturated rings. The number of nitro benzene ring substituents is 1. The molecule has 0 bridgehead atoms. The number of nitro groups is 2. The van der Waals surface area contributed by atoms with E-state index in [0.29, 0.717) is 5.56 Å². The molecule has 10 heteroatoms. The Morgan fingerprint density at radius 3 is 2.72 bits per heavy atom. The summed E-state index contributed by atoms with van der Waals surface area (Å²) in [6, 6.07) is 5.63. The Bertz CT molecular complexity index is 526. The number of non-ortho nitro benzene ring substituents is 1. The van der Waals surface area contributed by atoms with Gasteiger partial charge in [-0.3, -0.25) is 10.1 Å². The van der Waals surface area contributed by atoms with Gasteiger partial charge in [0.15, 0.2) is 5.03 Å². The highest BCUT2D eigenvalue weighted by Gasteiger charge is 2.03. The molecule has 10 nitrogen and oxygen atoms in total. The van der Waals surface area contributed by atoms with Crippen LogP contribution in [-0.2, 0) is 0 Å². The third-order valence-electron chi connectivity index (χ3n) is 1.66. The highest BCUT2D eigenvalue weighted by atomic mass is 16.7. The van der Waals surface area contributed by atoms with Crippen molar-refractivity contribution in [3.05, 3.63) is 50.1 Å². The van der Waals surface area contributed by atoms with E-state index in [1.165, 1.54) is 24.4 Å². The molecule has 0 saturated heterocycles. The molecule has 0 aliphatic heterocycles. The molecule has 0 unspecified atom stereocenters. The number of rotatable bonds is 4. The van der Waals surface area contributed by atoms with Gasteiger partial charge in [0, 0.05) is 17.7 Å². The predicted molar refractivity (Wildman–Crippen MR) is 62.4 cm³/mol. The molecule has 0 aliphatic carbocycles. The van der Waals surface area contributed by atoms with Crippen LogP contribution in [0.5, 0.6) is 0 Å². The molecule has 0 saturated carbocycles. The van der Waals surface area contributed by atoms with Crippen molar-refractivity contribution in [2.75, 3.05) is 0 Å². The number of nitrogens with zero attached hydrogens (tertiary/aromatic N) is 4. The van der Waals surface area contributed by atoms with Gasteiger partial charge in [-0.1, -0.05) is 17.6 Å². The largest absolute Gasteiger partial charge is 0.364 e. The molecule has 0 atom stereocenters. The number of hydrogen-bond donors (Lipinski definition) is 2. The van der Waals surface area contributed by atoms with Crippen LogP contribution in [0.2, 0.25) is 0 Å². The summed E-state index contributed by atoms with van der Waals surface area (Å²) in [6.07, 6.45) is 1.18. The maximum Gasteiger partial charge on any atom is 0.275 e. The molecule has 0 heterocycles. The Morgan fingerprint density at radius 1 is 1.39 bits per heavy atom. The SMILES string of the molecule is N/C(=N\N=Cc1cccc([N+](=O)[O-])c1)N[N+](=O)[O-]. The van der Waals surface area contributed by atoms with Crippen molar-refractivity contribution in [1.29, 1.82) is 0 Å². The molecule has 1 aromatic rings. The van der Waals surface area contributed by atoms with Gasteiger partial charge in [0.05, 0.1) is 11.1 Å². The molecule has 18 heavy (non-hydrogen) atoms.